The molecule has 0 aromatic carbocycles. The summed E-state index contributed by atoms with van der Waals surface area (Å²) in [5.41, 5.74) is 0. The van der Waals surface area contributed by atoms with Gasteiger partial charge in [0.05, 0.1) is 0 Å². The minimum Gasteiger partial charge on any atom is -0.353 e. The minimum absolute atomic E-state index is 0.0982. The summed E-state index contributed by atoms with van der Waals surface area (Å²) in [6.07, 6.45) is 5.87. The van der Waals surface area contributed by atoms with Gasteiger partial charge in [0.15, 0.2) is 0 Å². The monoisotopic (exact) mass is 330 g/mol. The summed E-state index contributed by atoms with van der Waals surface area (Å²) in [5.74, 6) is 1.20. The minimum atomic E-state index is 0.0982. The third kappa shape index (κ3) is 4.24. The molecular weight excluding hydrogens is 304 g/mol. The Hall–Kier alpha value is -2.11. The fourth-order valence-electron chi connectivity index (χ4n) is 3.40. The smallest absolute Gasteiger partial charge is 0.223 e. The molecule has 2 amide bonds. The van der Waals surface area contributed by atoms with Gasteiger partial charge >= 0.3 is 0 Å². The molecule has 0 saturated carbocycles. The molecule has 1 aromatic heterocycles. The zero-order valence-corrected chi connectivity index (χ0v) is 14.2. The topological polar surface area (TPSA) is 56.8 Å². The van der Waals surface area contributed by atoms with Crippen LogP contribution in [-0.4, -0.2) is 65.9 Å². The van der Waals surface area contributed by atoms with Gasteiger partial charge in [-0.05, 0) is 31.4 Å². The second-order valence-electron chi connectivity index (χ2n) is 6.50. The van der Waals surface area contributed by atoms with E-state index in [4.69, 9.17) is 0 Å². The van der Waals surface area contributed by atoms with Crippen LogP contribution in [0.4, 0.5) is 5.82 Å². The van der Waals surface area contributed by atoms with Crippen molar-refractivity contribution in [2.75, 3.05) is 44.2 Å². The van der Waals surface area contributed by atoms with Crippen molar-refractivity contribution >= 4 is 17.6 Å². The second-order valence-corrected chi connectivity index (χ2v) is 6.50. The Labute approximate surface area is 143 Å². The molecule has 24 heavy (non-hydrogen) atoms. The average molecular weight is 330 g/mol. The molecule has 0 N–H and O–H groups in total. The number of likely N-dealkylation sites (tertiary alicyclic amines) is 1. The molecule has 0 aliphatic carbocycles. The first-order chi connectivity index (χ1) is 11.7. The van der Waals surface area contributed by atoms with Crippen LogP contribution in [0.3, 0.4) is 0 Å². The lowest BCUT2D eigenvalue weighted by Crippen LogP contribution is -2.49. The van der Waals surface area contributed by atoms with Gasteiger partial charge in [-0.15, -0.1) is 0 Å². The van der Waals surface area contributed by atoms with Crippen molar-refractivity contribution in [1.82, 2.24) is 14.8 Å². The van der Waals surface area contributed by atoms with Crippen molar-refractivity contribution in [3.63, 3.8) is 0 Å². The number of hydrogen-bond donors (Lipinski definition) is 0. The largest absolute Gasteiger partial charge is 0.353 e. The maximum absolute atomic E-state index is 12.3. The van der Waals surface area contributed by atoms with Gasteiger partial charge in [0.25, 0.3) is 0 Å². The van der Waals surface area contributed by atoms with E-state index < -0.39 is 0 Å². The summed E-state index contributed by atoms with van der Waals surface area (Å²) in [4.78, 5) is 34.9. The highest BCUT2D eigenvalue weighted by Gasteiger charge is 2.23. The van der Waals surface area contributed by atoms with Crippen LogP contribution in [0, 0.1) is 0 Å². The van der Waals surface area contributed by atoms with Crippen LogP contribution in [0.15, 0.2) is 24.4 Å². The molecule has 2 aliphatic rings. The van der Waals surface area contributed by atoms with E-state index in [-0.39, 0.29) is 11.8 Å². The number of hydrogen-bond acceptors (Lipinski definition) is 4. The first-order valence-corrected chi connectivity index (χ1v) is 8.95. The standard InChI is InChI=1S/C18H26N4O2/c23-17(21-10-4-1-5-11-21)7-8-18(24)22-14-12-20(13-15-22)16-6-2-3-9-19-16/h2-3,6,9H,1,4-5,7-8,10-15H2. The molecule has 0 spiro atoms. The summed E-state index contributed by atoms with van der Waals surface area (Å²) in [7, 11) is 0. The fraction of sp³-hybridized carbons (Fsp3) is 0.611. The van der Waals surface area contributed by atoms with E-state index >= 15 is 0 Å². The summed E-state index contributed by atoms with van der Waals surface area (Å²) >= 11 is 0. The molecular formula is C18H26N4O2. The number of amides is 2. The Bertz CT molecular complexity index is 549. The Morgan fingerprint density at radius 1 is 0.833 bits per heavy atom. The van der Waals surface area contributed by atoms with Crippen molar-refractivity contribution in [3.8, 4) is 0 Å². The van der Waals surface area contributed by atoms with E-state index in [0.29, 0.717) is 25.9 Å². The van der Waals surface area contributed by atoms with Gasteiger partial charge in [0.2, 0.25) is 11.8 Å². The summed E-state index contributed by atoms with van der Waals surface area (Å²) < 4.78 is 0. The number of carbonyl (C=O) groups is 2. The molecule has 130 valence electrons. The lowest BCUT2D eigenvalue weighted by molar-refractivity contribution is -0.137. The highest BCUT2D eigenvalue weighted by Crippen LogP contribution is 2.14. The summed E-state index contributed by atoms with van der Waals surface area (Å²) in [5, 5.41) is 0. The van der Waals surface area contributed by atoms with Crippen molar-refractivity contribution in [3.05, 3.63) is 24.4 Å². The van der Waals surface area contributed by atoms with Crippen LogP contribution in [-0.2, 0) is 9.59 Å². The van der Waals surface area contributed by atoms with Gasteiger partial charge < -0.3 is 14.7 Å². The molecule has 2 aliphatic heterocycles. The third-order valence-electron chi connectivity index (χ3n) is 4.87. The summed E-state index contributed by atoms with van der Waals surface area (Å²) in [6.45, 7) is 4.71. The van der Waals surface area contributed by atoms with Gasteiger partial charge in [-0.2, -0.15) is 0 Å². The van der Waals surface area contributed by atoms with Gasteiger partial charge in [-0.1, -0.05) is 6.07 Å². The Kier molecular flexibility index (Phi) is 5.67. The molecule has 6 heteroatoms. The number of carbonyl (C=O) groups excluding carboxylic acids is 2. The van der Waals surface area contributed by atoms with Gasteiger partial charge in [0.1, 0.15) is 5.82 Å². The van der Waals surface area contributed by atoms with E-state index in [0.717, 1.165) is 44.8 Å². The number of piperidine rings is 1. The van der Waals surface area contributed by atoms with Crippen molar-refractivity contribution < 1.29 is 9.59 Å². The van der Waals surface area contributed by atoms with E-state index in [9.17, 15) is 9.59 Å². The Morgan fingerprint density at radius 3 is 2.04 bits per heavy atom. The first kappa shape index (κ1) is 16.7. The molecule has 0 atom stereocenters. The van der Waals surface area contributed by atoms with Gasteiger partial charge in [0, 0.05) is 58.3 Å². The number of anilines is 1. The van der Waals surface area contributed by atoms with Crippen molar-refractivity contribution in [1.29, 1.82) is 0 Å². The third-order valence-corrected chi connectivity index (χ3v) is 4.87. The number of nitrogens with zero attached hydrogens (tertiary/aromatic N) is 4. The number of pyridine rings is 1. The van der Waals surface area contributed by atoms with Crippen LogP contribution < -0.4 is 4.90 Å². The van der Waals surface area contributed by atoms with E-state index in [1.807, 2.05) is 28.0 Å². The molecule has 2 saturated heterocycles. The maximum atomic E-state index is 12.3. The van der Waals surface area contributed by atoms with Crippen LogP contribution >= 0.6 is 0 Å². The molecule has 1 aromatic rings. The van der Waals surface area contributed by atoms with Crippen molar-refractivity contribution in [2.45, 2.75) is 32.1 Å². The molecule has 0 bridgehead atoms. The van der Waals surface area contributed by atoms with Crippen LogP contribution in [0.25, 0.3) is 0 Å². The molecule has 0 radical (unpaired) electrons. The van der Waals surface area contributed by atoms with Crippen molar-refractivity contribution in [2.24, 2.45) is 0 Å². The first-order valence-electron chi connectivity index (χ1n) is 8.95. The Morgan fingerprint density at radius 2 is 1.46 bits per heavy atom. The predicted octanol–water partition coefficient (Wildman–Crippen LogP) is 1.52. The highest BCUT2D eigenvalue weighted by molar-refractivity contribution is 5.84. The Balaban J connectivity index is 1.41. The number of rotatable bonds is 4. The lowest BCUT2D eigenvalue weighted by atomic mass is 10.1. The maximum Gasteiger partial charge on any atom is 0.223 e. The molecule has 2 fully saturated rings. The summed E-state index contributed by atoms with van der Waals surface area (Å²) in [6, 6.07) is 5.88. The van der Waals surface area contributed by atoms with E-state index in [2.05, 4.69) is 9.88 Å². The van der Waals surface area contributed by atoms with Crippen LogP contribution in [0.2, 0.25) is 0 Å². The zero-order valence-electron chi connectivity index (χ0n) is 14.2. The zero-order chi connectivity index (χ0) is 16.8. The molecule has 0 unspecified atom stereocenters. The van der Waals surface area contributed by atoms with Gasteiger partial charge in [-0.3, -0.25) is 9.59 Å². The van der Waals surface area contributed by atoms with Crippen LogP contribution in [0.1, 0.15) is 32.1 Å². The lowest BCUT2D eigenvalue weighted by Gasteiger charge is -2.35. The quantitative estimate of drug-likeness (QED) is 0.840. The van der Waals surface area contributed by atoms with E-state index in [1.54, 1.807) is 6.20 Å². The highest BCUT2D eigenvalue weighted by atomic mass is 16.2. The molecule has 3 rings (SSSR count). The predicted molar refractivity (Wildman–Crippen MR) is 92.7 cm³/mol. The van der Waals surface area contributed by atoms with E-state index in [1.165, 1.54) is 6.42 Å². The molecule has 6 nitrogen and oxygen atoms in total. The second kappa shape index (κ2) is 8.13. The van der Waals surface area contributed by atoms with Gasteiger partial charge in [-0.25, -0.2) is 4.98 Å². The average Bonchev–Trinajstić information content (AvgIpc) is 2.67. The number of aromatic nitrogens is 1. The number of piperazine rings is 1. The van der Waals surface area contributed by atoms with Crippen LogP contribution in [0.5, 0.6) is 0 Å². The SMILES string of the molecule is O=C(CCC(=O)N1CCN(c2ccccn2)CC1)N1CCCCC1. The fourth-order valence-corrected chi connectivity index (χ4v) is 3.40. The molecule has 3 heterocycles. The normalized spacial score (nSPS) is 18.6.